The number of ether oxygens (including phenoxy) is 1. The van der Waals surface area contributed by atoms with Crippen LogP contribution >= 0.6 is 11.3 Å². The molecule has 0 spiro atoms. The minimum absolute atomic E-state index is 0.0256. The maximum Gasteiger partial charge on any atom is 0.252 e. The van der Waals surface area contributed by atoms with E-state index < -0.39 is 10.0 Å². The normalized spacial score (nSPS) is 11.2. The molecule has 1 aromatic heterocycles. The lowest BCUT2D eigenvalue weighted by Crippen LogP contribution is -2.25. The lowest BCUT2D eigenvalue weighted by Gasteiger charge is -2.08. The van der Waals surface area contributed by atoms with Gasteiger partial charge in [0.25, 0.3) is 5.91 Å². The molecule has 0 aliphatic carbocycles. The Bertz CT molecular complexity index is 769. The average molecular weight is 340 g/mol. The first-order valence-corrected chi connectivity index (χ1v) is 8.86. The number of thiophene rings is 1. The maximum atomic E-state index is 12.0. The predicted molar refractivity (Wildman–Crippen MR) is 84.7 cm³/mol. The number of hydrogen-bond donors (Lipinski definition) is 2. The minimum atomic E-state index is -3.77. The fourth-order valence-corrected chi connectivity index (χ4v) is 3.49. The lowest BCUT2D eigenvalue weighted by molar-refractivity contribution is 0.0954. The molecule has 0 unspecified atom stereocenters. The largest absolute Gasteiger partial charge is 0.496 e. The van der Waals surface area contributed by atoms with E-state index in [1.54, 1.807) is 7.11 Å². The zero-order valence-corrected chi connectivity index (χ0v) is 13.5. The summed E-state index contributed by atoms with van der Waals surface area (Å²) in [5.74, 6) is 0.435. The third-order valence-corrected chi connectivity index (χ3v) is 5.38. The molecule has 0 fully saturated rings. The van der Waals surface area contributed by atoms with Crippen molar-refractivity contribution < 1.29 is 17.9 Å². The third kappa shape index (κ3) is 4.06. The molecule has 8 heteroatoms. The van der Waals surface area contributed by atoms with Crippen molar-refractivity contribution in [3.05, 3.63) is 46.8 Å². The van der Waals surface area contributed by atoms with Gasteiger partial charge in [0.15, 0.2) is 0 Å². The summed E-state index contributed by atoms with van der Waals surface area (Å²) in [4.78, 5) is 12.0. The first-order valence-electron chi connectivity index (χ1n) is 6.43. The van der Waals surface area contributed by atoms with Crippen LogP contribution in [0.5, 0.6) is 5.75 Å². The number of amides is 1. The van der Waals surface area contributed by atoms with E-state index in [0.717, 1.165) is 22.6 Å². The average Bonchev–Trinajstić information content (AvgIpc) is 2.97. The van der Waals surface area contributed by atoms with E-state index in [2.05, 4.69) is 5.32 Å². The second kappa shape index (κ2) is 6.91. The number of nitrogens with one attached hydrogen (secondary N) is 1. The van der Waals surface area contributed by atoms with E-state index in [-0.39, 0.29) is 15.7 Å². The van der Waals surface area contributed by atoms with Crippen molar-refractivity contribution in [1.29, 1.82) is 0 Å². The highest BCUT2D eigenvalue weighted by molar-refractivity contribution is 7.91. The molecule has 0 bridgehead atoms. The van der Waals surface area contributed by atoms with Crippen molar-refractivity contribution in [3.8, 4) is 5.75 Å². The molecule has 0 saturated heterocycles. The molecule has 0 aliphatic heterocycles. The maximum absolute atomic E-state index is 12.0. The smallest absolute Gasteiger partial charge is 0.252 e. The van der Waals surface area contributed by atoms with E-state index in [9.17, 15) is 13.2 Å². The molecule has 118 valence electrons. The first-order chi connectivity index (χ1) is 10.4. The highest BCUT2D eigenvalue weighted by atomic mass is 32.2. The van der Waals surface area contributed by atoms with Crippen molar-refractivity contribution >= 4 is 27.3 Å². The third-order valence-electron chi connectivity index (χ3n) is 2.99. The second-order valence-electron chi connectivity index (χ2n) is 4.52. The molecule has 1 amide bonds. The number of nitrogens with two attached hydrogens (primary N) is 1. The van der Waals surface area contributed by atoms with Crippen LogP contribution in [0.4, 0.5) is 0 Å². The standard InChI is InChI=1S/C14H16N2O4S2/c1-20-12-5-3-2-4-10(12)6-7-16-14(17)11-8-13(21-9-11)22(15,18)19/h2-5,8-9H,6-7H2,1H3,(H,16,17)(H2,15,18,19). The minimum Gasteiger partial charge on any atom is -0.496 e. The Kier molecular flexibility index (Phi) is 5.17. The Labute approximate surface area is 133 Å². The van der Waals surface area contributed by atoms with E-state index in [4.69, 9.17) is 9.88 Å². The van der Waals surface area contributed by atoms with E-state index >= 15 is 0 Å². The topological polar surface area (TPSA) is 98.5 Å². The molecule has 0 radical (unpaired) electrons. The number of benzene rings is 1. The molecule has 0 atom stereocenters. The number of primary sulfonamides is 1. The van der Waals surface area contributed by atoms with Gasteiger partial charge in [-0.2, -0.15) is 0 Å². The van der Waals surface area contributed by atoms with Gasteiger partial charge in [0.2, 0.25) is 10.0 Å². The second-order valence-corrected chi connectivity index (χ2v) is 7.22. The van der Waals surface area contributed by atoms with Crippen molar-refractivity contribution in [2.75, 3.05) is 13.7 Å². The predicted octanol–water partition coefficient (Wildman–Crippen LogP) is 1.38. The van der Waals surface area contributed by atoms with Gasteiger partial charge in [0.05, 0.1) is 12.7 Å². The Morgan fingerprint density at radius 1 is 1.36 bits per heavy atom. The van der Waals surface area contributed by atoms with Crippen LogP contribution in [-0.4, -0.2) is 28.0 Å². The van der Waals surface area contributed by atoms with Gasteiger partial charge in [-0.05, 0) is 24.1 Å². The van der Waals surface area contributed by atoms with Crippen LogP contribution in [0.2, 0.25) is 0 Å². The summed E-state index contributed by atoms with van der Waals surface area (Å²) in [5.41, 5.74) is 1.27. The van der Waals surface area contributed by atoms with Crippen LogP contribution in [0.3, 0.4) is 0 Å². The molecule has 2 aromatic rings. The van der Waals surface area contributed by atoms with Gasteiger partial charge >= 0.3 is 0 Å². The van der Waals surface area contributed by atoms with E-state index in [1.807, 2.05) is 24.3 Å². The van der Waals surface area contributed by atoms with Crippen LogP contribution in [0.15, 0.2) is 39.9 Å². The number of carbonyl (C=O) groups excluding carboxylic acids is 1. The molecule has 1 heterocycles. The molecule has 2 rings (SSSR count). The number of methoxy groups -OCH3 is 1. The van der Waals surface area contributed by atoms with Crippen molar-refractivity contribution in [3.63, 3.8) is 0 Å². The molecule has 0 saturated carbocycles. The Hall–Kier alpha value is -1.90. The van der Waals surface area contributed by atoms with Gasteiger partial charge in [0.1, 0.15) is 9.96 Å². The van der Waals surface area contributed by atoms with Gasteiger partial charge in [-0.1, -0.05) is 18.2 Å². The number of sulfonamides is 1. The van der Waals surface area contributed by atoms with Gasteiger partial charge in [-0.3, -0.25) is 4.79 Å². The van der Waals surface area contributed by atoms with Crippen LogP contribution < -0.4 is 15.2 Å². The van der Waals surface area contributed by atoms with Crippen LogP contribution in [0.1, 0.15) is 15.9 Å². The van der Waals surface area contributed by atoms with Crippen LogP contribution in [0, 0.1) is 0 Å². The highest BCUT2D eigenvalue weighted by Gasteiger charge is 2.15. The van der Waals surface area contributed by atoms with Crippen molar-refractivity contribution in [2.45, 2.75) is 10.6 Å². The van der Waals surface area contributed by atoms with Gasteiger partial charge < -0.3 is 10.1 Å². The number of carbonyl (C=O) groups is 1. The fourth-order valence-electron chi connectivity index (χ4n) is 1.91. The summed E-state index contributed by atoms with van der Waals surface area (Å²) in [6.45, 7) is 0.416. The van der Waals surface area contributed by atoms with E-state index in [0.29, 0.717) is 13.0 Å². The zero-order valence-electron chi connectivity index (χ0n) is 11.9. The summed E-state index contributed by atoms with van der Waals surface area (Å²) in [6.07, 6.45) is 0.613. The van der Waals surface area contributed by atoms with Crippen LogP contribution in [-0.2, 0) is 16.4 Å². The molecule has 6 nitrogen and oxygen atoms in total. The summed E-state index contributed by atoms with van der Waals surface area (Å²) in [6, 6.07) is 8.83. The van der Waals surface area contributed by atoms with Gasteiger partial charge in [-0.25, -0.2) is 13.6 Å². The summed E-state index contributed by atoms with van der Waals surface area (Å²) in [5, 5.41) is 9.23. The van der Waals surface area contributed by atoms with Crippen molar-refractivity contribution in [2.24, 2.45) is 5.14 Å². The molecule has 22 heavy (non-hydrogen) atoms. The molecule has 0 aliphatic rings. The van der Waals surface area contributed by atoms with Gasteiger partial charge in [-0.15, -0.1) is 11.3 Å². The number of para-hydroxylation sites is 1. The molecule has 1 aromatic carbocycles. The van der Waals surface area contributed by atoms with Gasteiger partial charge in [0, 0.05) is 11.9 Å². The quantitative estimate of drug-likeness (QED) is 0.830. The monoisotopic (exact) mass is 340 g/mol. The lowest BCUT2D eigenvalue weighted by atomic mass is 10.1. The SMILES string of the molecule is COc1ccccc1CCNC(=O)c1csc(S(N)(=O)=O)c1. The Balaban J connectivity index is 1.94. The zero-order chi connectivity index (χ0) is 16.2. The summed E-state index contributed by atoms with van der Waals surface area (Å²) >= 11 is 0.927. The number of rotatable bonds is 6. The molecule has 3 N–H and O–H groups in total. The molecular formula is C14H16N2O4S2. The highest BCUT2D eigenvalue weighted by Crippen LogP contribution is 2.19. The summed E-state index contributed by atoms with van der Waals surface area (Å²) in [7, 11) is -2.17. The molecular weight excluding hydrogens is 324 g/mol. The Morgan fingerprint density at radius 3 is 2.73 bits per heavy atom. The number of hydrogen-bond acceptors (Lipinski definition) is 5. The van der Waals surface area contributed by atoms with Crippen LogP contribution in [0.25, 0.3) is 0 Å². The summed E-state index contributed by atoms with van der Waals surface area (Å²) < 4.78 is 27.6. The first kappa shape index (κ1) is 16.5. The van der Waals surface area contributed by atoms with E-state index in [1.165, 1.54) is 11.4 Å². The fraction of sp³-hybridized carbons (Fsp3) is 0.214. The van der Waals surface area contributed by atoms with Crippen molar-refractivity contribution in [1.82, 2.24) is 5.32 Å². The Morgan fingerprint density at radius 2 is 2.09 bits per heavy atom.